The summed E-state index contributed by atoms with van der Waals surface area (Å²) in [5, 5.41) is 43.1. The van der Waals surface area contributed by atoms with Crippen LogP contribution in [0.5, 0.6) is 5.75 Å². The first-order chi connectivity index (χ1) is 29.0. The van der Waals surface area contributed by atoms with Gasteiger partial charge in [-0.2, -0.15) is 0 Å². The van der Waals surface area contributed by atoms with E-state index in [1.54, 1.807) is 30.2 Å². The second kappa shape index (κ2) is 21.5. The lowest BCUT2D eigenvalue weighted by Gasteiger charge is -2.31. The van der Waals surface area contributed by atoms with Crippen LogP contribution in [0.3, 0.4) is 0 Å². The molecule has 318 valence electrons. The number of carbonyl (C=O) groups is 3. The molecule has 3 amide bonds. The zero-order valence-electron chi connectivity index (χ0n) is 34.5. The Morgan fingerprint density at radius 3 is 2.52 bits per heavy atom. The zero-order chi connectivity index (χ0) is 42.4. The van der Waals surface area contributed by atoms with Gasteiger partial charge in [-0.1, -0.05) is 84.9 Å². The number of para-hydroxylation sites is 1. The summed E-state index contributed by atoms with van der Waals surface area (Å²) in [7, 11) is 1.79. The van der Waals surface area contributed by atoms with Crippen LogP contribution in [0.4, 0.5) is 16.2 Å². The van der Waals surface area contributed by atoms with Gasteiger partial charge in [-0.05, 0) is 73.1 Å². The van der Waals surface area contributed by atoms with E-state index in [0.717, 1.165) is 35.3 Å². The van der Waals surface area contributed by atoms with Crippen LogP contribution in [0.15, 0.2) is 97.1 Å². The van der Waals surface area contributed by atoms with E-state index in [1.165, 1.54) is 6.07 Å². The van der Waals surface area contributed by atoms with Crippen LogP contribution >= 0.6 is 0 Å². The number of hydrogen-bond donors (Lipinski definition) is 7. The second-order valence-corrected chi connectivity index (χ2v) is 15.7. The fourth-order valence-corrected chi connectivity index (χ4v) is 7.71. The average Bonchev–Trinajstić information content (AvgIpc) is 3.24. The van der Waals surface area contributed by atoms with Crippen LogP contribution in [0.1, 0.15) is 61.0 Å². The Kier molecular flexibility index (Phi) is 15.7. The van der Waals surface area contributed by atoms with Crippen molar-refractivity contribution < 1.29 is 34.4 Å². The van der Waals surface area contributed by atoms with Gasteiger partial charge in [0, 0.05) is 69.9 Å². The number of piperidine rings is 1. The molecule has 13 nitrogen and oxygen atoms in total. The summed E-state index contributed by atoms with van der Waals surface area (Å²) in [4.78, 5) is 42.4. The molecule has 1 unspecified atom stereocenters. The number of nitrogens with zero attached hydrogens (tertiary/aromatic N) is 2. The molecule has 0 radical (unpaired) electrons. The van der Waals surface area contributed by atoms with E-state index in [1.807, 2.05) is 85.8 Å². The van der Waals surface area contributed by atoms with Crippen LogP contribution in [0.25, 0.3) is 17.2 Å². The van der Waals surface area contributed by atoms with E-state index in [-0.39, 0.29) is 36.1 Å². The predicted octanol–water partition coefficient (Wildman–Crippen LogP) is 5.68. The molecule has 6 rings (SSSR count). The molecular formula is C47H58N6O7. The molecule has 0 aromatic heterocycles. The second-order valence-electron chi connectivity index (χ2n) is 15.7. The molecule has 0 aliphatic carbocycles. The monoisotopic (exact) mass is 818 g/mol. The summed E-state index contributed by atoms with van der Waals surface area (Å²) in [5.41, 5.74) is 6.31. The molecule has 2 aliphatic heterocycles. The van der Waals surface area contributed by atoms with Crippen molar-refractivity contribution in [1.29, 1.82) is 0 Å². The van der Waals surface area contributed by atoms with Crippen molar-refractivity contribution in [3.8, 4) is 16.9 Å². The quantitative estimate of drug-likeness (QED) is 0.0489. The largest absolute Gasteiger partial charge is 0.506 e. The van der Waals surface area contributed by atoms with Gasteiger partial charge >= 0.3 is 6.09 Å². The van der Waals surface area contributed by atoms with Crippen molar-refractivity contribution >= 4 is 35.4 Å². The molecule has 13 heteroatoms. The van der Waals surface area contributed by atoms with Crippen molar-refractivity contribution in [2.45, 2.75) is 69.9 Å². The van der Waals surface area contributed by atoms with E-state index in [2.05, 4.69) is 26.2 Å². The molecule has 0 bridgehead atoms. The number of fused-ring (bicyclic) bond motifs is 1. The summed E-state index contributed by atoms with van der Waals surface area (Å²) in [6.45, 7) is 5.47. The van der Waals surface area contributed by atoms with Gasteiger partial charge in [0.2, 0.25) is 11.8 Å². The van der Waals surface area contributed by atoms with Crippen LogP contribution in [0, 0.1) is 0 Å². The Morgan fingerprint density at radius 1 is 0.967 bits per heavy atom. The van der Waals surface area contributed by atoms with E-state index in [4.69, 9.17) is 4.74 Å². The van der Waals surface area contributed by atoms with E-state index < -0.39 is 18.4 Å². The number of benzene rings is 4. The molecule has 4 aromatic carbocycles. The van der Waals surface area contributed by atoms with Gasteiger partial charge in [0.1, 0.15) is 18.1 Å². The zero-order valence-corrected chi connectivity index (χ0v) is 34.5. The molecule has 3 atom stereocenters. The first-order valence-corrected chi connectivity index (χ1v) is 20.9. The highest BCUT2D eigenvalue weighted by Crippen LogP contribution is 2.37. The molecule has 0 spiro atoms. The SMILES string of the molecule is C[C@@H](Cc1cccc(CC(=O)NCCCN(C)C(=O)CCN2CCC(OC(=O)Nc3ccccc3-c3ccccc3)CC2)c1)NC[C@H](O)c1ccc(O)c2c1C=CC(O)N2. The fraction of sp³-hybridized carbons (Fsp3) is 0.383. The Bertz CT molecular complexity index is 2090. The van der Waals surface area contributed by atoms with Crippen molar-refractivity contribution in [2.24, 2.45) is 0 Å². The third-order valence-electron chi connectivity index (χ3n) is 11.0. The lowest BCUT2D eigenvalue weighted by molar-refractivity contribution is -0.130. The average molecular weight is 819 g/mol. The highest BCUT2D eigenvalue weighted by Gasteiger charge is 2.24. The highest BCUT2D eigenvalue weighted by atomic mass is 16.6. The lowest BCUT2D eigenvalue weighted by atomic mass is 9.96. The van der Waals surface area contributed by atoms with Gasteiger partial charge in [-0.25, -0.2) is 4.79 Å². The van der Waals surface area contributed by atoms with Gasteiger partial charge in [0.25, 0.3) is 0 Å². The van der Waals surface area contributed by atoms with Crippen molar-refractivity contribution in [3.05, 3.63) is 119 Å². The first kappa shape index (κ1) is 43.8. The van der Waals surface area contributed by atoms with E-state index in [0.29, 0.717) is 80.8 Å². The van der Waals surface area contributed by atoms with Crippen LogP contribution in [-0.2, 0) is 27.2 Å². The summed E-state index contributed by atoms with van der Waals surface area (Å²) >= 11 is 0. The molecule has 1 saturated heterocycles. The molecule has 4 aromatic rings. The number of phenols is 1. The number of nitrogens with one attached hydrogen (secondary N) is 4. The van der Waals surface area contributed by atoms with E-state index in [9.17, 15) is 29.7 Å². The third kappa shape index (κ3) is 12.6. The Balaban J connectivity index is 0.828. The number of phenolic OH excluding ortho intramolecular Hbond substituents is 1. The van der Waals surface area contributed by atoms with Crippen molar-refractivity contribution in [3.63, 3.8) is 0 Å². The minimum Gasteiger partial charge on any atom is -0.506 e. The summed E-state index contributed by atoms with van der Waals surface area (Å²) in [6.07, 6.45) is 4.29. The number of likely N-dealkylation sites (tertiary alicyclic amines) is 1. The summed E-state index contributed by atoms with van der Waals surface area (Å²) in [6, 6.07) is 28.7. The van der Waals surface area contributed by atoms with Crippen LogP contribution in [0.2, 0.25) is 0 Å². The number of aromatic hydroxyl groups is 1. The number of aliphatic hydroxyl groups is 2. The number of rotatable bonds is 18. The van der Waals surface area contributed by atoms with Gasteiger partial charge in [-0.15, -0.1) is 0 Å². The Morgan fingerprint density at radius 2 is 1.72 bits per heavy atom. The van der Waals surface area contributed by atoms with Gasteiger partial charge in [0.05, 0.1) is 23.9 Å². The predicted molar refractivity (Wildman–Crippen MR) is 234 cm³/mol. The maximum atomic E-state index is 12.9. The Hall–Kier alpha value is -5.73. The molecular weight excluding hydrogens is 761 g/mol. The normalized spacial score (nSPS) is 16.2. The smallest absolute Gasteiger partial charge is 0.411 e. The highest BCUT2D eigenvalue weighted by molar-refractivity contribution is 5.91. The van der Waals surface area contributed by atoms with Gasteiger partial charge in [-0.3, -0.25) is 14.9 Å². The van der Waals surface area contributed by atoms with Crippen molar-refractivity contribution in [2.75, 3.05) is 56.9 Å². The number of amides is 3. The Labute approximate surface area is 352 Å². The summed E-state index contributed by atoms with van der Waals surface area (Å²) < 4.78 is 5.76. The minimum atomic E-state index is -0.902. The number of hydrogen-bond acceptors (Lipinski definition) is 10. The third-order valence-corrected chi connectivity index (χ3v) is 11.0. The van der Waals surface area contributed by atoms with Gasteiger partial charge in [0.15, 0.2) is 0 Å². The fourth-order valence-electron chi connectivity index (χ4n) is 7.71. The van der Waals surface area contributed by atoms with E-state index >= 15 is 0 Å². The van der Waals surface area contributed by atoms with Crippen molar-refractivity contribution in [1.82, 2.24) is 20.4 Å². The molecule has 1 fully saturated rings. The lowest BCUT2D eigenvalue weighted by Crippen LogP contribution is -2.40. The summed E-state index contributed by atoms with van der Waals surface area (Å²) in [5.74, 6) is -0.0138. The minimum absolute atomic E-state index is 0.00820. The van der Waals surface area contributed by atoms with Gasteiger partial charge < -0.3 is 45.8 Å². The number of carbonyl (C=O) groups excluding carboxylic acids is 3. The number of anilines is 2. The standard InChI is InChI=1S/C47H58N6O7/c1-32(49-31-42(55)38-16-18-41(54)46-39(38)17-19-43(56)51-46)28-33-10-8-11-34(29-33)30-44(57)48-23-9-24-52(2)45(58)22-27-53-25-20-36(21-26-53)60-47(59)50-40-15-7-6-14-37(40)35-12-4-3-5-13-35/h3-8,10-19,29,32,36,42-43,49,51,54-56H,9,20-28,30-31H2,1-2H3,(H,48,57)(H,50,59)/t32-,42-,43?/m0/s1. The maximum Gasteiger partial charge on any atom is 0.411 e. The molecule has 2 heterocycles. The topological polar surface area (TPSA) is 176 Å². The first-order valence-electron chi connectivity index (χ1n) is 20.9. The molecule has 60 heavy (non-hydrogen) atoms. The maximum absolute atomic E-state index is 12.9. The molecule has 0 saturated carbocycles. The number of aliphatic hydroxyl groups excluding tert-OH is 2. The van der Waals surface area contributed by atoms with Crippen LogP contribution in [-0.4, -0.2) is 108 Å². The van der Waals surface area contributed by atoms with Crippen LogP contribution < -0.4 is 21.3 Å². The molecule has 2 aliphatic rings. The molecule has 7 N–H and O–H groups in total. The number of ether oxygens (including phenoxy) is 1.